The topological polar surface area (TPSA) is 137 Å². The van der Waals surface area contributed by atoms with Gasteiger partial charge in [0.2, 0.25) is 0 Å². The van der Waals surface area contributed by atoms with Crippen molar-refractivity contribution in [2.75, 3.05) is 11.3 Å². The normalized spacial score (nSPS) is 12.6. The maximum absolute atomic E-state index is 15.0. The van der Waals surface area contributed by atoms with Gasteiger partial charge >= 0.3 is 6.36 Å². The number of halogens is 6. The molecule has 0 radical (unpaired) electrons. The van der Waals surface area contributed by atoms with Gasteiger partial charge in [0.15, 0.2) is 9.84 Å². The number of nitrogens with two attached hydrogens (primary N) is 2. The molecule has 5 N–H and O–H groups in total. The fourth-order valence-corrected chi connectivity index (χ4v) is 5.79. The number of hydrogen-bond donors (Lipinski definition) is 3. The van der Waals surface area contributed by atoms with Gasteiger partial charge in [-0.3, -0.25) is 9.58 Å². The summed E-state index contributed by atoms with van der Waals surface area (Å²) < 4.78 is 111. The summed E-state index contributed by atoms with van der Waals surface area (Å²) in [6.07, 6.45) is -5.91. The molecule has 0 saturated carbocycles. The van der Waals surface area contributed by atoms with Gasteiger partial charge in [-0.1, -0.05) is 6.07 Å². The lowest BCUT2D eigenvalue weighted by Crippen LogP contribution is -2.31. The molecule has 0 bridgehead atoms. The molecule has 1 aromatic heterocycles. The molecule has 0 atom stereocenters. The van der Waals surface area contributed by atoms with Crippen molar-refractivity contribution < 1.29 is 44.6 Å². The first-order valence-electron chi connectivity index (χ1n) is 12.9. The quantitative estimate of drug-likeness (QED) is 0.119. The number of benzene rings is 3. The summed E-state index contributed by atoms with van der Waals surface area (Å²) in [6.45, 7) is 2.02. The van der Waals surface area contributed by atoms with Crippen LogP contribution in [0.3, 0.4) is 0 Å². The summed E-state index contributed by atoms with van der Waals surface area (Å²) in [5.41, 5.74) is 5.94. The average molecular weight is 656 g/mol. The van der Waals surface area contributed by atoms with E-state index in [0.29, 0.717) is 0 Å². The zero-order chi connectivity index (χ0) is 33.4. The number of alkyl halides is 5. The number of sulfone groups is 1. The van der Waals surface area contributed by atoms with Crippen molar-refractivity contribution in [2.45, 2.75) is 38.1 Å². The lowest BCUT2D eigenvalue weighted by atomic mass is 10.0. The van der Waals surface area contributed by atoms with Crippen LogP contribution in [0.25, 0.3) is 22.5 Å². The average Bonchev–Trinajstić information content (AvgIpc) is 3.25. The van der Waals surface area contributed by atoms with Crippen molar-refractivity contribution in [3.8, 4) is 22.6 Å². The summed E-state index contributed by atoms with van der Waals surface area (Å²) in [6, 6.07) is 11.1. The molecular weight excluding hydrogens is 628 g/mol. The number of hydrazine groups is 1. The van der Waals surface area contributed by atoms with Gasteiger partial charge in [0.25, 0.3) is 6.43 Å². The third kappa shape index (κ3) is 6.92. The highest BCUT2D eigenvalue weighted by Crippen LogP contribution is 2.37. The van der Waals surface area contributed by atoms with Crippen LogP contribution in [0, 0.1) is 19.7 Å². The zero-order valence-corrected chi connectivity index (χ0v) is 24.7. The van der Waals surface area contributed by atoms with Gasteiger partial charge in [-0.2, -0.15) is 0 Å². The van der Waals surface area contributed by atoms with Crippen molar-refractivity contribution in [3.05, 3.63) is 95.0 Å². The molecule has 9 nitrogen and oxygen atoms in total. The Hall–Kier alpha value is -4.54. The van der Waals surface area contributed by atoms with Crippen molar-refractivity contribution in [1.82, 2.24) is 9.55 Å². The standard InChI is InChI=1S/C29H27F6N5O4S/c1-15-27(28(31)32)38-16(2)39(15)23-9-6-18(19-10-22(30)21(14-41)26(12-19)45(3,42)43)11-24(23)40(37)25(13-36)17-4-7-20(8-5-17)44-29(33,34)35/h4-13,28,41H,14,36-37H2,1-3H3/b25-13-. The van der Waals surface area contributed by atoms with Gasteiger partial charge in [-0.25, -0.2) is 32.4 Å². The van der Waals surface area contributed by atoms with Crippen molar-refractivity contribution in [2.24, 2.45) is 11.6 Å². The Morgan fingerprint density at radius 2 is 1.73 bits per heavy atom. The van der Waals surface area contributed by atoms with Crippen LogP contribution in [0.5, 0.6) is 5.75 Å². The molecule has 0 unspecified atom stereocenters. The zero-order valence-electron chi connectivity index (χ0n) is 23.9. The highest BCUT2D eigenvalue weighted by Gasteiger charge is 2.31. The number of aromatic nitrogens is 2. The van der Waals surface area contributed by atoms with Gasteiger partial charge in [-0.05, 0) is 73.5 Å². The van der Waals surface area contributed by atoms with Crippen LogP contribution in [0.15, 0.2) is 65.7 Å². The molecule has 0 fully saturated rings. The van der Waals surface area contributed by atoms with E-state index in [1.54, 1.807) is 0 Å². The fourth-order valence-electron chi connectivity index (χ4n) is 4.84. The van der Waals surface area contributed by atoms with Crippen molar-refractivity contribution in [1.29, 1.82) is 0 Å². The van der Waals surface area contributed by atoms with Crippen molar-refractivity contribution >= 4 is 21.2 Å². The lowest BCUT2D eigenvalue weighted by molar-refractivity contribution is -0.274. The summed E-state index contributed by atoms with van der Waals surface area (Å²) in [7, 11) is -3.99. The summed E-state index contributed by atoms with van der Waals surface area (Å²) in [4.78, 5) is 3.52. The Labute approximate surface area is 253 Å². The van der Waals surface area contributed by atoms with Crippen LogP contribution < -0.4 is 21.3 Å². The minimum Gasteiger partial charge on any atom is -0.406 e. The molecule has 0 aliphatic carbocycles. The first-order valence-corrected chi connectivity index (χ1v) is 14.8. The Balaban J connectivity index is 1.94. The van der Waals surface area contributed by atoms with Gasteiger partial charge < -0.3 is 15.6 Å². The van der Waals surface area contributed by atoms with E-state index in [1.165, 1.54) is 54.8 Å². The first kappa shape index (κ1) is 33.4. The van der Waals surface area contributed by atoms with Crippen LogP contribution in [-0.2, 0) is 16.4 Å². The fraction of sp³-hybridized carbons (Fsp3) is 0.207. The van der Waals surface area contributed by atoms with E-state index in [2.05, 4.69) is 9.72 Å². The Bertz CT molecular complexity index is 1870. The summed E-state index contributed by atoms with van der Waals surface area (Å²) in [5.74, 6) is 5.20. The molecule has 45 heavy (non-hydrogen) atoms. The third-order valence-electron chi connectivity index (χ3n) is 6.84. The van der Waals surface area contributed by atoms with Gasteiger partial charge in [0, 0.05) is 29.3 Å². The second-order valence-corrected chi connectivity index (χ2v) is 11.8. The molecule has 0 aliphatic heterocycles. The molecule has 4 rings (SSSR count). The third-order valence-corrected chi connectivity index (χ3v) is 8.00. The number of aliphatic hydroxyl groups is 1. The minimum absolute atomic E-state index is 0.0510. The Morgan fingerprint density at radius 1 is 1.09 bits per heavy atom. The molecule has 4 aromatic rings. The predicted molar refractivity (Wildman–Crippen MR) is 154 cm³/mol. The molecule has 0 aliphatic rings. The van der Waals surface area contributed by atoms with E-state index in [9.17, 15) is 35.5 Å². The maximum atomic E-state index is 15.0. The number of aryl methyl sites for hydroxylation is 1. The van der Waals surface area contributed by atoms with Gasteiger partial charge in [0.1, 0.15) is 23.1 Å². The van der Waals surface area contributed by atoms with E-state index in [1.807, 2.05) is 0 Å². The van der Waals surface area contributed by atoms with Gasteiger partial charge in [0.05, 0.1) is 28.6 Å². The van der Waals surface area contributed by atoms with Crippen molar-refractivity contribution in [3.63, 3.8) is 0 Å². The number of rotatable bonds is 9. The Kier molecular flexibility index (Phi) is 9.23. The lowest BCUT2D eigenvalue weighted by Gasteiger charge is -2.26. The second-order valence-electron chi connectivity index (χ2n) is 9.83. The van der Waals surface area contributed by atoms with Crippen LogP contribution in [0.4, 0.5) is 32.0 Å². The summed E-state index contributed by atoms with van der Waals surface area (Å²) >= 11 is 0. The molecule has 0 saturated heterocycles. The van der Waals surface area contributed by atoms with E-state index in [-0.39, 0.29) is 45.3 Å². The molecule has 16 heteroatoms. The molecule has 1 heterocycles. The number of ether oxygens (including phenoxy) is 1. The number of anilines is 1. The van der Waals surface area contributed by atoms with Crippen LogP contribution in [0.2, 0.25) is 0 Å². The Morgan fingerprint density at radius 3 is 2.24 bits per heavy atom. The SMILES string of the molecule is Cc1nc(C(F)F)c(C)n1-c1ccc(-c2cc(F)c(CO)c(S(C)(=O)=O)c2)cc1N(N)/C(=C\N)c1ccc(OC(F)(F)F)cc1. The molecular formula is C29H27F6N5O4S. The van der Waals surface area contributed by atoms with Gasteiger partial charge in [-0.15, -0.1) is 13.2 Å². The predicted octanol–water partition coefficient (Wildman–Crippen LogP) is 5.66. The number of hydrogen-bond acceptors (Lipinski definition) is 8. The minimum atomic E-state index is -4.92. The van der Waals surface area contributed by atoms with E-state index in [0.717, 1.165) is 35.7 Å². The number of aliphatic hydroxyl groups excluding tert-OH is 1. The molecule has 240 valence electrons. The smallest absolute Gasteiger partial charge is 0.406 e. The van der Waals surface area contributed by atoms with Crippen LogP contribution >= 0.6 is 0 Å². The van der Waals surface area contributed by atoms with Crippen LogP contribution in [-0.4, -0.2) is 35.7 Å². The first-order chi connectivity index (χ1) is 21.0. The highest BCUT2D eigenvalue weighted by molar-refractivity contribution is 7.90. The largest absolute Gasteiger partial charge is 0.573 e. The van der Waals surface area contributed by atoms with E-state index in [4.69, 9.17) is 11.6 Å². The monoisotopic (exact) mass is 655 g/mol. The molecule has 0 spiro atoms. The highest BCUT2D eigenvalue weighted by atomic mass is 32.2. The second kappa shape index (κ2) is 12.5. The van der Waals surface area contributed by atoms with E-state index < -0.39 is 57.0 Å². The molecule has 3 aromatic carbocycles. The van der Waals surface area contributed by atoms with Crippen LogP contribution in [0.1, 0.15) is 34.8 Å². The number of nitrogens with zero attached hydrogens (tertiary/aromatic N) is 3. The number of imidazole rings is 1. The van der Waals surface area contributed by atoms with E-state index >= 15 is 4.39 Å². The maximum Gasteiger partial charge on any atom is 0.573 e. The molecule has 0 amide bonds. The summed E-state index contributed by atoms with van der Waals surface area (Å²) in [5, 5.41) is 10.6.